The predicted molar refractivity (Wildman–Crippen MR) is 92.4 cm³/mol. The molecule has 0 saturated heterocycles. The van der Waals surface area contributed by atoms with E-state index in [4.69, 9.17) is 27.6 Å². The van der Waals surface area contributed by atoms with Crippen LogP contribution in [-0.4, -0.2) is 9.91 Å². The number of nitrogens with one attached hydrogen (secondary N) is 1. The molecule has 0 aliphatic heterocycles. The van der Waals surface area contributed by atoms with Gasteiger partial charge in [-0.3, -0.25) is 10.1 Å². The lowest BCUT2D eigenvalue weighted by molar-refractivity contribution is -0.385. The summed E-state index contributed by atoms with van der Waals surface area (Å²) in [6.45, 7) is 0.385. The van der Waals surface area contributed by atoms with Gasteiger partial charge in [0.15, 0.2) is 0 Å². The van der Waals surface area contributed by atoms with Gasteiger partial charge < -0.3 is 9.73 Å². The van der Waals surface area contributed by atoms with Gasteiger partial charge >= 0.3 is 0 Å². The minimum absolute atomic E-state index is 0.0572. The van der Waals surface area contributed by atoms with Crippen molar-refractivity contribution in [2.45, 2.75) is 6.54 Å². The third-order valence-electron chi connectivity index (χ3n) is 3.26. The molecule has 0 aliphatic rings. The van der Waals surface area contributed by atoms with E-state index in [0.717, 1.165) is 5.56 Å². The summed E-state index contributed by atoms with van der Waals surface area (Å²) >= 11 is 12.0. The quantitative estimate of drug-likeness (QED) is 0.499. The lowest BCUT2D eigenvalue weighted by atomic mass is 10.2. The zero-order valence-electron chi connectivity index (χ0n) is 12.2. The molecule has 3 rings (SSSR count). The Kier molecular flexibility index (Phi) is 4.69. The van der Waals surface area contributed by atoms with E-state index in [1.165, 1.54) is 18.3 Å². The summed E-state index contributed by atoms with van der Waals surface area (Å²) in [6, 6.07) is 11.7. The van der Waals surface area contributed by atoms with Crippen molar-refractivity contribution in [3.05, 3.63) is 74.6 Å². The second-order valence-electron chi connectivity index (χ2n) is 4.90. The van der Waals surface area contributed by atoms with Gasteiger partial charge in [-0.05, 0) is 36.4 Å². The van der Waals surface area contributed by atoms with Crippen LogP contribution >= 0.6 is 23.2 Å². The van der Waals surface area contributed by atoms with Crippen LogP contribution in [0.15, 0.2) is 53.1 Å². The van der Waals surface area contributed by atoms with Gasteiger partial charge in [0, 0.05) is 16.7 Å². The minimum Gasteiger partial charge on any atom is -0.459 e. The maximum atomic E-state index is 10.6. The van der Waals surface area contributed by atoms with Crippen molar-refractivity contribution < 1.29 is 9.34 Å². The summed E-state index contributed by atoms with van der Waals surface area (Å²) in [7, 11) is 0. The smallest absolute Gasteiger partial charge is 0.287 e. The first-order valence-electron chi connectivity index (χ1n) is 6.91. The van der Waals surface area contributed by atoms with E-state index < -0.39 is 4.92 Å². The van der Waals surface area contributed by atoms with Crippen LogP contribution in [0.3, 0.4) is 0 Å². The van der Waals surface area contributed by atoms with E-state index in [9.17, 15) is 10.1 Å². The standard InChI is InChI=1S/C16H11Cl2N3O3/c17-10-1-4-13(14(18)7-10)15-5-3-12(24-15)9-20-16-6-2-11(8-19-16)21(22)23/h1-8H,9H2,(H,19,20). The SMILES string of the molecule is O=[N+]([O-])c1ccc(NCc2ccc(-c3ccc(Cl)cc3Cl)o2)nc1. The molecule has 3 aromatic rings. The summed E-state index contributed by atoms with van der Waals surface area (Å²) in [5.74, 6) is 1.82. The van der Waals surface area contributed by atoms with E-state index >= 15 is 0 Å². The number of aromatic nitrogens is 1. The van der Waals surface area contributed by atoms with Crippen LogP contribution < -0.4 is 5.32 Å². The number of halogens is 2. The molecule has 0 bridgehead atoms. The second kappa shape index (κ2) is 6.90. The van der Waals surface area contributed by atoms with Gasteiger partial charge in [-0.1, -0.05) is 23.2 Å². The molecule has 0 aliphatic carbocycles. The van der Waals surface area contributed by atoms with Crippen molar-refractivity contribution >= 4 is 34.7 Å². The van der Waals surface area contributed by atoms with Crippen LogP contribution in [0.25, 0.3) is 11.3 Å². The fourth-order valence-electron chi connectivity index (χ4n) is 2.08. The first-order valence-corrected chi connectivity index (χ1v) is 7.67. The summed E-state index contributed by atoms with van der Waals surface area (Å²) in [6.07, 6.45) is 1.20. The van der Waals surface area contributed by atoms with Crippen molar-refractivity contribution in [2.75, 3.05) is 5.32 Å². The molecule has 0 radical (unpaired) electrons. The Labute approximate surface area is 147 Å². The van der Waals surface area contributed by atoms with E-state index in [-0.39, 0.29) is 5.69 Å². The average molecular weight is 364 g/mol. The van der Waals surface area contributed by atoms with Gasteiger partial charge in [-0.15, -0.1) is 0 Å². The Bertz CT molecular complexity index is 879. The predicted octanol–water partition coefficient (Wildman–Crippen LogP) is 5.17. The lowest BCUT2D eigenvalue weighted by Crippen LogP contribution is -2.00. The van der Waals surface area contributed by atoms with Crippen LogP contribution in [0.4, 0.5) is 11.5 Å². The van der Waals surface area contributed by atoms with Crippen LogP contribution in [0.1, 0.15) is 5.76 Å². The van der Waals surface area contributed by atoms with E-state index in [0.29, 0.717) is 33.9 Å². The first kappa shape index (κ1) is 16.3. The Balaban J connectivity index is 1.69. The molecule has 6 nitrogen and oxygen atoms in total. The molecular formula is C16H11Cl2N3O3. The molecule has 1 N–H and O–H groups in total. The van der Waals surface area contributed by atoms with Gasteiger partial charge in [-0.2, -0.15) is 0 Å². The number of rotatable bonds is 5. The number of nitro groups is 1. The number of hydrogen-bond acceptors (Lipinski definition) is 5. The number of furan rings is 1. The number of hydrogen-bond donors (Lipinski definition) is 1. The van der Waals surface area contributed by atoms with Gasteiger partial charge in [-0.25, -0.2) is 4.98 Å². The van der Waals surface area contributed by atoms with Crippen molar-refractivity contribution in [3.63, 3.8) is 0 Å². The van der Waals surface area contributed by atoms with Crippen molar-refractivity contribution in [2.24, 2.45) is 0 Å². The summed E-state index contributed by atoms with van der Waals surface area (Å²) < 4.78 is 5.75. The maximum Gasteiger partial charge on any atom is 0.287 e. The number of pyridine rings is 1. The largest absolute Gasteiger partial charge is 0.459 e. The molecule has 122 valence electrons. The third kappa shape index (κ3) is 3.67. The van der Waals surface area contributed by atoms with Crippen molar-refractivity contribution in [1.82, 2.24) is 4.98 Å². The van der Waals surface area contributed by atoms with Gasteiger partial charge in [0.1, 0.15) is 23.5 Å². The van der Waals surface area contributed by atoms with Crippen LogP contribution in [0.2, 0.25) is 10.0 Å². The highest BCUT2D eigenvalue weighted by molar-refractivity contribution is 6.36. The molecule has 0 spiro atoms. The monoisotopic (exact) mass is 363 g/mol. The highest BCUT2D eigenvalue weighted by Crippen LogP contribution is 2.31. The first-order chi connectivity index (χ1) is 11.5. The Morgan fingerprint density at radius 2 is 2.00 bits per heavy atom. The molecule has 0 fully saturated rings. The summed E-state index contributed by atoms with van der Waals surface area (Å²) in [5, 5.41) is 14.7. The molecule has 1 aromatic carbocycles. The number of anilines is 1. The molecule has 8 heteroatoms. The Hall–Kier alpha value is -2.57. The molecule has 24 heavy (non-hydrogen) atoms. The molecule has 2 aromatic heterocycles. The fraction of sp³-hybridized carbons (Fsp3) is 0.0625. The number of benzene rings is 1. The molecule has 0 atom stereocenters. The van der Waals surface area contributed by atoms with Gasteiger partial charge in [0.05, 0.1) is 16.5 Å². The highest BCUT2D eigenvalue weighted by Gasteiger charge is 2.10. The summed E-state index contributed by atoms with van der Waals surface area (Å²) in [4.78, 5) is 14.1. The average Bonchev–Trinajstić information content (AvgIpc) is 3.02. The van der Waals surface area contributed by atoms with E-state index in [1.54, 1.807) is 18.2 Å². The van der Waals surface area contributed by atoms with Crippen LogP contribution in [0.5, 0.6) is 0 Å². The van der Waals surface area contributed by atoms with Crippen LogP contribution in [0, 0.1) is 10.1 Å². The van der Waals surface area contributed by atoms with Crippen LogP contribution in [-0.2, 0) is 6.54 Å². The Morgan fingerprint density at radius 3 is 2.67 bits per heavy atom. The normalized spacial score (nSPS) is 10.6. The van der Waals surface area contributed by atoms with E-state index in [1.807, 2.05) is 12.1 Å². The minimum atomic E-state index is -0.495. The van der Waals surface area contributed by atoms with Gasteiger partial charge in [0.25, 0.3) is 5.69 Å². The van der Waals surface area contributed by atoms with Gasteiger partial charge in [0.2, 0.25) is 0 Å². The number of nitrogens with zero attached hydrogens (tertiary/aromatic N) is 2. The molecule has 2 heterocycles. The third-order valence-corrected chi connectivity index (χ3v) is 3.81. The van der Waals surface area contributed by atoms with Crippen molar-refractivity contribution in [1.29, 1.82) is 0 Å². The fourth-order valence-corrected chi connectivity index (χ4v) is 2.58. The molecule has 0 saturated carbocycles. The molecule has 0 unspecified atom stereocenters. The molecule has 0 amide bonds. The Morgan fingerprint density at radius 1 is 1.17 bits per heavy atom. The second-order valence-corrected chi connectivity index (χ2v) is 5.75. The van der Waals surface area contributed by atoms with Crippen molar-refractivity contribution in [3.8, 4) is 11.3 Å². The molecular weight excluding hydrogens is 353 g/mol. The summed E-state index contributed by atoms with van der Waals surface area (Å²) in [5.41, 5.74) is 0.694. The zero-order chi connectivity index (χ0) is 17.1. The lowest BCUT2D eigenvalue weighted by Gasteiger charge is -2.04. The highest BCUT2D eigenvalue weighted by atomic mass is 35.5. The van der Waals surface area contributed by atoms with E-state index in [2.05, 4.69) is 10.3 Å². The maximum absolute atomic E-state index is 10.6. The topological polar surface area (TPSA) is 81.2 Å². The zero-order valence-corrected chi connectivity index (χ0v) is 13.7.